The number of furan rings is 1. The number of imide groups is 1. The molecule has 2 aromatic rings. The predicted molar refractivity (Wildman–Crippen MR) is 92.7 cm³/mol. The zero-order valence-electron chi connectivity index (χ0n) is 14.0. The Morgan fingerprint density at radius 2 is 1.96 bits per heavy atom. The maximum absolute atomic E-state index is 12.4. The molecule has 26 heavy (non-hydrogen) atoms. The quantitative estimate of drug-likeness (QED) is 0.508. The number of esters is 1. The van der Waals surface area contributed by atoms with Gasteiger partial charge in [0.05, 0.1) is 13.7 Å². The summed E-state index contributed by atoms with van der Waals surface area (Å²) in [6.45, 7) is -0.0819. The summed E-state index contributed by atoms with van der Waals surface area (Å²) in [5, 5.41) is 2.51. The second kappa shape index (κ2) is 7.52. The zero-order valence-corrected chi connectivity index (χ0v) is 14.0. The third kappa shape index (κ3) is 3.72. The zero-order chi connectivity index (χ0) is 18.5. The fourth-order valence-corrected chi connectivity index (χ4v) is 2.38. The van der Waals surface area contributed by atoms with Crippen molar-refractivity contribution in [1.82, 2.24) is 10.2 Å². The van der Waals surface area contributed by atoms with Gasteiger partial charge < -0.3 is 14.5 Å². The first-order valence-corrected chi connectivity index (χ1v) is 7.82. The summed E-state index contributed by atoms with van der Waals surface area (Å²) in [5.74, 6) is -0.782. The van der Waals surface area contributed by atoms with E-state index in [0.29, 0.717) is 5.76 Å². The van der Waals surface area contributed by atoms with E-state index in [1.54, 1.807) is 6.08 Å². The number of benzene rings is 1. The number of nitrogens with zero attached hydrogens (tertiary/aromatic N) is 1. The predicted octanol–water partition coefficient (Wildman–Crippen LogP) is 2.72. The molecule has 7 heteroatoms. The number of hydrogen-bond donors (Lipinski definition) is 1. The van der Waals surface area contributed by atoms with Crippen molar-refractivity contribution in [2.45, 2.75) is 6.54 Å². The Hall–Kier alpha value is -3.61. The molecule has 3 amide bonds. The summed E-state index contributed by atoms with van der Waals surface area (Å²) >= 11 is 0. The lowest BCUT2D eigenvalue weighted by atomic mass is 10.2. The molecule has 3 rings (SSSR count). The minimum Gasteiger partial charge on any atom is -0.463 e. The highest BCUT2D eigenvalue weighted by atomic mass is 16.5. The number of urea groups is 1. The number of allylic oxidation sites excluding steroid dienone is 2. The van der Waals surface area contributed by atoms with Crippen LogP contribution in [0.3, 0.4) is 0 Å². The van der Waals surface area contributed by atoms with E-state index < -0.39 is 17.9 Å². The summed E-state index contributed by atoms with van der Waals surface area (Å²) in [6.07, 6.45) is 5.05. The van der Waals surface area contributed by atoms with E-state index in [4.69, 9.17) is 4.42 Å². The summed E-state index contributed by atoms with van der Waals surface area (Å²) in [6, 6.07) is 12.0. The maximum Gasteiger partial charge on any atom is 0.373 e. The van der Waals surface area contributed by atoms with Gasteiger partial charge in [0.25, 0.3) is 5.91 Å². The van der Waals surface area contributed by atoms with E-state index >= 15 is 0 Å². The first kappa shape index (κ1) is 17.2. The van der Waals surface area contributed by atoms with Crippen LogP contribution in [0.2, 0.25) is 0 Å². The van der Waals surface area contributed by atoms with Crippen molar-refractivity contribution in [3.05, 3.63) is 77.4 Å². The Morgan fingerprint density at radius 1 is 1.19 bits per heavy atom. The molecule has 0 saturated carbocycles. The molecule has 1 aliphatic heterocycles. The third-order valence-corrected chi connectivity index (χ3v) is 3.68. The van der Waals surface area contributed by atoms with Crippen LogP contribution in [-0.4, -0.2) is 29.9 Å². The molecule has 1 aliphatic rings. The van der Waals surface area contributed by atoms with Crippen LogP contribution in [0.25, 0.3) is 6.08 Å². The van der Waals surface area contributed by atoms with Crippen LogP contribution in [0.5, 0.6) is 0 Å². The van der Waals surface area contributed by atoms with Crippen LogP contribution in [0.15, 0.2) is 64.7 Å². The molecule has 1 fully saturated rings. The summed E-state index contributed by atoms with van der Waals surface area (Å²) in [5.41, 5.74) is 1.14. The van der Waals surface area contributed by atoms with E-state index in [2.05, 4.69) is 10.1 Å². The molecule has 0 bridgehead atoms. The van der Waals surface area contributed by atoms with Crippen LogP contribution in [0.1, 0.15) is 21.9 Å². The van der Waals surface area contributed by atoms with Crippen molar-refractivity contribution in [2.75, 3.05) is 7.11 Å². The van der Waals surface area contributed by atoms with Gasteiger partial charge in [-0.1, -0.05) is 42.5 Å². The molecule has 0 aliphatic carbocycles. The second-order valence-corrected chi connectivity index (χ2v) is 5.43. The van der Waals surface area contributed by atoms with Crippen LogP contribution in [-0.2, 0) is 16.1 Å². The highest BCUT2D eigenvalue weighted by Crippen LogP contribution is 2.17. The first-order valence-electron chi connectivity index (χ1n) is 7.82. The summed E-state index contributed by atoms with van der Waals surface area (Å²) in [7, 11) is 1.24. The molecule has 2 heterocycles. The SMILES string of the molecule is COC(=O)c1ccc(CN2C(=O)NC(=CC=Cc3ccccc3)C2=O)o1. The highest BCUT2D eigenvalue weighted by molar-refractivity contribution is 6.11. The summed E-state index contributed by atoms with van der Waals surface area (Å²) < 4.78 is 9.84. The normalized spacial score (nSPS) is 15.7. The van der Waals surface area contributed by atoms with E-state index in [-0.39, 0.29) is 18.0 Å². The van der Waals surface area contributed by atoms with Crippen molar-refractivity contribution in [3.8, 4) is 0 Å². The monoisotopic (exact) mass is 352 g/mol. The van der Waals surface area contributed by atoms with Crippen molar-refractivity contribution < 1.29 is 23.5 Å². The molecule has 7 nitrogen and oxygen atoms in total. The molecule has 1 aromatic carbocycles. The Bertz CT molecular complexity index is 896. The Kier molecular flexibility index (Phi) is 4.98. The van der Waals surface area contributed by atoms with Gasteiger partial charge in [0.2, 0.25) is 5.76 Å². The Morgan fingerprint density at radius 3 is 2.69 bits per heavy atom. The topological polar surface area (TPSA) is 88.9 Å². The minimum atomic E-state index is -0.625. The molecule has 132 valence electrons. The van der Waals surface area contributed by atoms with Gasteiger partial charge in [-0.2, -0.15) is 0 Å². The van der Waals surface area contributed by atoms with Gasteiger partial charge >= 0.3 is 12.0 Å². The van der Waals surface area contributed by atoms with Crippen LogP contribution in [0, 0.1) is 0 Å². The van der Waals surface area contributed by atoms with Gasteiger partial charge in [-0.05, 0) is 23.8 Å². The first-order chi connectivity index (χ1) is 12.6. The second-order valence-electron chi connectivity index (χ2n) is 5.43. The van der Waals surface area contributed by atoms with Crippen molar-refractivity contribution in [3.63, 3.8) is 0 Å². The van der Waals surface area contributed by atoms with Crippen molar-refractivity contribution in [1.29, 1.82) is 0 Å². The van der Waals surface area contributed by atoms with Gasteiger partial charge in [-0.3, -0.25) is 9.69 Å². The molecular formula is C19H16N2O5. The number of carbonyl (C=O) groups excluding carboxylic acids is 3. The average Bonchev–Trinajstić information content (AvgIpc) is 3.23. The number of amides is 3. The van der Waals surface area contributed by atoms with Crippen LogP contribution in [0.4, 0.5) is 4.79 Å². The number of rotatable bonds is 5. The molecule has 0 spiro atoms. The van der Waals surface area contributed by atoms with Gasteiger partial charge in [0.15, 0.2) is 0 Å². The molecule has 0 unspecified atom stereocenters. The average molecular weight is 352 g/mol. The number of nitrogens with one attached hydrogen (secondary N) is 1. The number of carbonyl (C=O) groups is 3. The third-order valence-electron chi connectivity index (χ3n) is 3.68. The lowest BCUT2D eigenvalue weighted by Gasteiger charge is -2.09. The molecular weight excluding hydrogens is 336 g/mol. The maximum atomic E-state index is 12.4. The molecule has 1 N–H and O–H groups in total. The van der Waals surface area contributed by atoms with Crippen molar-refractivity contribution >= 4 is 24.0 Å². The smallest absolute Gasteiger partial charge is 0.373 e. The van der Waals surface area contributed by atoms with E-state index in [1.807, 2.05) is 36.4 Å². The van der Waals surface area contributed by atoms with E-state index in [1.165, 1.54) is 25.3 Å². The lowest BCUT2D eigenvalue weighted by Crippen LogP contribution is -2.30. The van der Waals surface area contributed by atoms with Crippen molar-refractivity contribution in [2.24, 2.45) is 0 Å². The van der Waals surface area contributed by atoms with E-state index in [9.17, 15) is 14.4 Å². The van der Waals surface area contributed by atoms with Gasteiger partial charge in [-0.25, -0.2) is 9.59 Å². The standard InChI is InChI=1S/C19H16N2O5/c1-25-18(23)16-11-10-14(26-16)12-21-17(22)15(20-19(21)24)9-5-8-13-6-3-2-4-7-13/h2-11H,12H2,1H3,(H,20,24). The Balaban J connectivity index is 1.69. The number of ether oxygens (including phenoxy) is 1. The van der Waals surface area contributed by atoms with Crippen LogP contribution >= 0.6 is 0 Å². The van der Waals surface area contributed by atoms with Gasteiger partial charge in [0, 0.05) is 0 Å². The Labute approximate surface area is 149 Å². The lowest BCUT2D eigenvalue weighted by molar-refractivity contribution is -0.123. The molecule has 0 radical (unpaired) electrons. The number of hydrogen-bond acceptors (Lipinski definition) is 5. The minimum absolute atomic E-state index is 0.0103. The highest BCUT2D eigenvalue weighted by Gasteiger charge is 2.34. The van der Waals surface area contributed by atoms with Gasteiger partial charge in [0.1, 0.15) is 11.5 Å². The fraction of sp³-hybridized carbons (Fsp3) is 0.105. The van der Waals surface area contributed by atoms with Crippen LogP contribution < -0.4 is 5.32 Å². The largest absolute Gasteiger partial charge is 0.463 e. The molecule has 1 aromatic heterocycles. The summed E-state index contributed by atoms with van der Waals surface area (Å²) in [4.78, 5) is 36.8. The number of methoxy groups -OCH3 is 1. The van der Waals surface area contributed by atoms with Gasteiger partial charge in [-0.15, -0.1) is 0 Å². The fourth-order valence-electron chi connectivity index (χ4n) is 2.38. The molecule has 1 saturated heterocycles. The molecule has 0 atom stereocenters. The van der Waals surface area contributed by atoms with E-state index in [0.717, 1.165) is 10.5 Å².